The Labute approximate surface area is 152 Å². The normalized spacial score (nSPS) is 12.0. The highest BCUT2D eigenvalue weighted by molar-refractivity contribution is 6.32. The number of rotatable bonds is 8. The number of nitrogens with one attached hydrogen (secondary N) is 1. The lowest BCUT2D eigenvalue weighted by Crippen LogP contribution is -2.23. The zero-order chi connectivity index (χ0) is 17.5. The molecule has 0 aliphatic rings. The second-order valence-electron chi connectivity index (χ2n) is 5.47. The summed E-state index contributed by atoms with van der Waals surface area (Å²) >= 11 is 12.5. The van der Waals surface area contributed by atoms with Gasteiger partial charge in [-0.1, -0.05) is 41.4 Å². The van der Waals surface area contributed by atoms with Crippen LogP contribution in [0.15, 0.2) is 36.4 Å². The maximum atomic E-state index is 9.29. The molecule has 0 bridgehead atoms. The number of aliphatic hydroxyl groups excluding tert-OH is 1. The van der Waals surface area contributed by atoms with Gasteiger partial charge in [-0.05, 0) is 30.7 Å². The van der Waals surface area contributed by atoms with Crippen molar-refractivity contribution in [2.45, 2.75) is 26.2 Å². The zero-order valence-electron chi connectivity index (χ0n) is 13.7. The average molecular weight is 370 g/mol. The van der Waals surface area contributed by atoms with Gasteiger partial charge in [-0.25, -0.2) is 0 Å². The van der Waals surface area contributed by atoms with Gasteiger partial charge in [-0.3, -0.25) is 0 Å². The van der Waals surface area contributed by atoms with E-state index in [-0.39, 0.29) is 0 Å². The molecule has 0 amide bonds. The summed E-state index contributed by atoms with van der Waals surface area (Å²) in [5, 5.41) is 13.5. The van der Waals surface area contributed by atoms with Crippen molar-refractivity contribution in [3.63, 3.8) is 0 Å². The molecule has 24 heavy (non-hydrogen) atoms. The molecule has 0 saturated carbocycles. The molecule has 2 aromatic rings. The fraction of sp³-hybridized carbons (Fsp3) is 0.333. The Morgan fingerprint density at radius 1 is 1.17 bits per heavy atom. The van der Waals surface area contributed by atoms with Crippen LogP contribution >= 0.6 is 23.2 Å². The van der Waals surface area contributed by atoms with Crippen LogP contribution < -0.4 is 14.8 Å². The van der Waals surface area contributed by atoms with Crippen molar-refractivity contribution in [3.05, 3.63) is 57.6 Å². The highest BCUT2D eigenvalue weighted by Gasteiger charge is 2.13. The van der Waals surface area contributed by atoms with Crippen LogP contribution in [0.2, 0.25) is 10.0 Å². The van der Waals surface area contributed by atoms with Gasteiger partial charge < -0.3 is 19.9 Å². The number of hydrogen-bond acceptors (Lipinski definition) is 4. The van der Waals surface area contributed by atoms with Crippen molar-refractivity contribution < 1.29 is 14.6 Å². The predicted octanol–water partition coefficient (Wildman–Crippen LogP) is 4.05. The Morgan fingerprint density at radius 2 is 1.92 bits per heavy atom. The molecule has 4 nitrogen and oxygen atoms in total. The van der Waals surface area contributed by atoms with E-state index in [1.165, 1.54) is 0 Å². The number of hydrogen-bond donors (Lipinski definition) is 2. The van der Waals surface area contributed by atoms with E-state index in [0.29, 0.717) is 41.2 Å². The maximum absolute atomic E-state index is 9.29. The van der Waals surface area contributed by atoms with Crippen molar-refractivity contribution in [3.8, 4) is 11.5 Å². The van der Waals surface area contributed by atoms with Gasteiger partial charge in [0.25, 0.3) is 0 Å². The highest BCUT2D eigenvalue weighted by Crippen LogP contribution is 2.37. The van der Waals surface area contributed by atoms with Crippen molar-refractivity contribution in [1.82, 2.24) is 5.32 Å². The molecule has 2 aromatic carbocycles. The summed E-state index contributed by atoms with van der Waals surface area (Å²) in [6, 6.07) is 11.2. The monoisotopic (exact) mass is 369 g/mol. The smallest absolute Gasteiger partial charge is 0.180 e. The van der Waals surface area contributed by atoms with E-state index in [9.17, 15) is 5.11 Å². The summed E-state index contributed by atoms with van der Waals surface area (Å²) < 4.78 is 11.2. The van der Waals surface area contributed by atoms with Crippen LogP contribution in [-0.2, 0) is 13.2 Å². The molecule has 0 fully saturated rings. The van der Waals surface area contributed by atoms with E-state index in [1.807, 2.05) is 36.4 Å². The molecule has 2 N–H and O–H groups in total. The molecule has 6 heteroatoms. The van der Waals surface area contributed by atoms with E-state index in [1.54, 1.807) is 14.0 Å². The number of methoxy groups -OCH3 is 1. The van der Waals surface area contributed by atoms with Crippen LogP contribution in [0.4, 0.5) is 0 Å². The summed E-state index contributed by atoms with van der Waals surface area (Å²) in [5.74, 6) is 1.04. The summed E-state index contributed by atoms with van der Waals surface area (Å²) in [4.78, 5) is 0. The third kappa shape index (κ3) is 5.28. The second kappa shape index (κ2) is 9.14. The van der Waals surface area contributed by atoms with Gasteiger partial charge in [0, 0.05) is 23.7 Å². The summed E-state index contributed by atoms with van der Waals surface area (Å²) in [6.45, 7) is 3.11. The zero-order valence-corrected chi connectivity index (χ0v) is 15.2. The minimum Gasteiger partial charge on any atom is -0.493 e. The Bertz CT molecular complexity index is 677. The Morgan fingerprint density at radius 3 is 2.58 bits per heavy atom. The first kappa shape index (κ1) is 18.9. The van der Waals surface area contributed by atoms with E-state index in [2.05, 4.69) is 5.32 Å². The van der Waals surface area contributed by atoms with E-state index >= 15 is 0 Å². The Hall–Kier alpha value is -1.46. The maximum Gasteiger partial charge on any atom is 0.180 e. The van der Waals surface area contributed by atoms with Crippen molar-refractivity contribution >= 4 is 23.2 Å². The fourth-order valence-corrected chi connectivity index (χ4v) is 2.68. The van der Waals surface area contributed by atoms with Crippen LogP contribution in [-0.4, -0.2) is 24.9 Å². The van der Waals surface area contributed by atoms with Gasteiger partial charge in [-0.15, -0.1) is 0 Å². The van der Waals surface area contributed by atoms with Crippen LogP contribution in [0, 0.1) is 0 Å². The van der Waals surface area contributed by atoms with E-state index < -0.39 is 6.10 Å². The van der Waals surface area contributed by atoms with Crippen LogP contribution in [0.3, 0.4) is 0 Å². The molecule has 130 valence electrons. The molecule has 0 saturated heterocycles. The van der Waals surface area contributed by atoms with Gasteiger partial charge in [-0.2, -0.15) is 0 Å². The first-order valence-corrected chi connectivity index (χ1v) is 8.38. The summed E-state index contributed by atoms with van der Waals surface area (Å²) in [7, 11) is 1.57. The van der Waals surface area contributed by atoms with E-state index in [4.69, 9.17) is 32.7 Å². The van der Waals surface area contributed by atoms with Crippen LogP contribution in [0.25, 0.3) is 0 Å². The number of benzene rings is 2. The highest BCUT2D eigenvalue weighted by atomic mass is 35.5. The lowest BCUT2D eigenvalue weighted by Gasteiger charge is -2.15. The van der Waals surface area contributed by atoms with Crippen LogP contribution in [0.1, 0.15) is 18.1 Å². The molecule has 0 aliphatic heterocycles. The molecule has 2 rings (SSSR count). The summed E-state index contributed by atoms with van der Waals surface area (Å²) in [5.41, 5.74) is 1.82. The predicted molar refractivity (Wildman–Crippen MR) is 97.2 cm³/mol. The van der Waals surface area contributed by atoms with Gasteiger partial charge >= 0.3 is 0 Å². The molecule has 0 aliphatic carbocycles. The topological polar surface area (TPSA) is 50.7 Å². The standard InChI is InChI=1S/C18H21Cl2NO3/c1-12(22)9-21-10-13-7-16(20)18(17(8-13)23-2)24-11-14-5-3-4-6-15(14)19/h3-8,12,21-22H,9-11H2,1-2H3. The molecule has 0 radical (unpaired) electrons. The van der Waals surface area contributed by atoms with Crippen molar-refractivity contribution in [2.24, 2.45) is 0 Å². The second-order valence-corrected chi connectivity index (χ2v) is 6.28. The average Bonchev–Trinajstić information content (AvgIpc) is 2.54. The number of halogens is 2. The molecular weight excluding hydrogens is 349 g/mol. The lowest BCUT2D eigenvalue weighted by molar-refractivity contribution is 0.191. The van der Waals surface area contributed by atoms with Gasteiger partial charge in [0.2, 0.25) is 0 Å². The quantitative estimate of drug-likeness (QED) is 0.736. The van der Waals surface area contributed by atoms with Gasteiger partial charge in [0.15, 0.2) is 11.5 Å². The van der Waals surface area contributed by atoms with Gasteiger partial charge in [0.1, 0.15) is 6.61 Å². The first-order chi connectivity index (χ1) is 11.5. The largest absolute Gasteiger partial charge is 0.493 e. The third-order valence-electron chi connectivity index (χ3n) is 3.39. The molecule has 0 aromatic heterocycles. The lowest BCUT2D eigenvalue weighted by atomic mass is 10.2. The molecular formula is C18H21Cl2NO3. The van der Waals surface area contributed by atoms with Crippen molar-refractivity contribution in [1.29, 1.82) is 0 Å². The Kier molecular flexibility index (Phi) is 7.18. The van der Waals surface area contributed by atoms with Crippen molar-refractivity contribution in [2.75, 3.05) is 13.7 Å². The Balaban J connectivity index is 2.10. The number of aliphatic hydroxyl groups is 1. The fourth-order valence-electron chi connectivity index (χ4n) is 2.21. The van der Waals surface area contributed by atoms with Crippen LogP contribution in [0.5, 0.6) is 11.5 Å². The first-order valence-electron chi connectivity index (χ1n) is 7.62. The SMILES string of the molecule is COc1cc(CNCC(C)O)cc(Cl)c1OCc1ccccc1Cl. The molecule has 0 spiro atoms. The van der Waals surface area contributed by atoms with E-state index in [0.717, 1.165) is 11.1 Å². The third-order valence-corrected chi connectivity index (χ3v) is 4.04. The van der Waals surface area contributed by atoms with Gasteiger partial charge in [0.05, 0.1) is 18.2 Å². The summed E-state index contributed by atoms with van der Waals surface area (Å²) in [6.07, 6.45) is -0.402. The molecule has 0 heterocycles. The minimum atomic E-state index is -0.402. The number of ether oxygens (including phenoxy) is 2. The minimum absolute atomic E-state index is 0.301. The molecule has 1 unspecified atom stereocenters. The molecule has 1 atom stereocenters.